The number of hydrogen-bond acceptors (Lipinski definition) is 1. The lowest BCUT2D eigenvalue weighted by atomic mass is 10.1. The molecule has 8 heavy (non-hydrogen) atoms. The standard InChI is InChI=1S/C6H9BrO/c7-4-5-2-1-3-6(5)8/h5H,1-4H2. The Morgan fingerprint density at radius 3 is 2.75 bits per heavy atom. The lowest BCUT2D eigenvalue weighted by Gasteiger charge is -1.97. The SMILES string of the molecule is O=C1CCCC1CBr. The highest BCUT2D eigenvalue weighted by Gasteiger charge is 2.22. The Kier molecular flexibility index (Phi) is 2.06. The highest BCUT2D eigenvalue weighted by molar-refractivity contribution is 9.09. The van der Waals surface area contributed by atoms with E-state index in [1.54, 1.807) is 0 Å². The zero-order chi connectivity index (χ0) is 5.98. The van der Waals surface area contributed by atoms with E-state index >= 15 is 0 Å². The van der Waals surface area contributed by atoms with Gasteiger partial charge in [-0.25, -0.2) is 0 Å². The van der Waals surface area contributed by atoms with Gasteiger partial charge in [-0.05, 0) is 12.8 Å². The molecule has 0 spiro atoms. The molecule has 0 heterocycles. The summed E-state index contributed by atoms with van der Waals surface area (Å²) < 4.78 is 0. The van der Waals surface area contributed by atoms with Crippen LogP contribution in [-0.2, 0) is 4.79 Å². The van der Waals surface area contributed by atoms with Crippen molar-refractivity contribution in [2.75, 3.05) is 5.33 Å². The molecule has 2 heteroatoms. The zero-order valence-corrected chi connectivity index (χ0v) is 6.28. The van der Waals surface area contributed by atoms with Crippen LogP contribution in [0.3, 0.4) is 0 Å². The second-order valence-corrected chi connectivity index (χ2v) is 2.86. The minimum atomic E-state index is 0.343. The van der Waals surface area contributed by atoms with Crippen LogP contribution in [-0.4, -0.2) is 11.1 Å². The van der Waals surface area contributed by atoms with Gasteiger partial charge in [0.15, 0.2) is 0 Å². The summed E-state index contributed by atoms with van der Waals surface area (Å²) >= 11 is 3.30. The van der Waals surface area contributed by atoms with Gasteiger partial charge < -0.3 is 0 Å². The van der Waals surface area contributed by atoms with Gasteiger partial charge in [-0.1, -0.05) is 15.9 Å². The maximum atomic E-state index is 10.8. The van der Waals surface area contributed by atoms with Gasteiger partial charge in [0.1, 0.15) is 5.78 Å². The summed E-state index contributed by atoms with van der Waals surface area (Å²) in [6, 6.07) is 0. The van der Waals surface area contributed by atoms with Crippen LogP contribution in [0.5, 0.6) is 0 Å². The van der Waals surface area contributed by atoms with Crippen LogP contribution < -0.4 is 0 Å². The monoisotopic (exact) mass is 176 g/mol. The van der Waals surface area contributed by atoms with E-state index in [1.807, 2.05) is 0 Å². The Hall–Kier alpha value is 0.150. The fourth-order valence-electron chi connectivity index (χ4n) is 1.05. The summed E-state index contributed by atoms with van der Waals surface area (Å²) in [6.45, 7) is 0. The quantitative estimate of drug-likeness (QED) is 0.557. The number of Topliss-reactive ketones (excluding diaryl/α,β-unsaturated/α-hetero) is 1. The largest absolute Gasteiger partial charge is 0.299 e. The van der Waals surface area contributed by atoms with Crippen LogP contribution in [0.15, 0.2) is 0 Å². The molecule has 0 amide bonds. The molecule has 1 rings (SSSR count). The molecule has 0 saturated heterocycles. The number of rotatable bonds is 1. The molecule has 1 nitrogen and oxygen atoms in total. The molecule has 0 aromatic heterocycles. The van der Waals surface area contributed by atoms with Crippen LogP contribution in [0, 0.1) is 5.92 Å². The van der Waals surface area contributed by atoms with Crippen LogP contribution in [0.4, 0.5) is 0 Å². The molecule has 0 bridgehead atoms. The van der Waals surface area contributed by atoms with Crippen LogP contribution in [0.2, 0.25) is 0 Å². The number of carbonyl (C=O) groups excluding carboxylic acids is 1. The van der Waals surface area contributed by atoms with Crippen molar-refractivity contribution in [3.63, 3.8) is 0 Å². The first-order valence-electron chi connectivity index (χ1n) is 2.93. The van der Waals surface area contributed by atoms with E-state index in [1.165, 1.54) is 0 Å². The smallest absolute Gasteiger partial charge is 0.136 e. The van der Waals surface area contributed by atoms with Crippen molar-refractivity contribution in [1.29, 1.82) is 0 Å². The van der Waals surface area contributed by atoms with Crippen molar-refractivity contribution in [3.05, 3.63) is 0 Å². The molecule has 1 unspecified atom stereocenters. The number of ketones is 1. The molecule has 0 aliphatic heterocycles. The lowest BCUT2D eigenvalue weighted by Crippen LogP contribution is -2.06. The Labute approximate surface area is 57.6 Å². The Morgan fingerprint density at radius 2 is 2.50 bits per heavy atom. The summed E-state index contributed by atoms with van der Waals surface area (Å²) in [5.74, 6) is 0.789. The molecule has 1 atom stereocenters. The van der Waals surface area contributed by atoms with Gasteiger partial charge in [-0.2, -0.15) is 0 Å². The number of carbonyl (C=O) groups is 1. The third-order valence-electron chi connectivity index (χ3n) is 1.62. The van der Waals surface area contributed by atoms with Crippen molar-refractivity contribution in [2.24, 2.45) is 5.92 Å². The summed E-state index contributed by atoms with van der Waals surface area (Å²) in [4.78, 5) is 10.8. The molecule has 1 aliphatic carbocycles. The number of hydrogen-bond donors (Lipinski definition) is 0. The predicted molar refractivity (Wildman–Crippen MR) is 36.1 cm³/mol. The molecule has 1 fully saturated rings. The van der Waals surface area contributed by atoms with E-state index in [4.69, 9.17) is 0 Å². The van der Waals surface area contributed by atoms with E-state index in [2.05, 4.69) is 15.9 Å². The second kappa shape index (κ2) is 2.62. The highest BCUT2D eigenvalue weighted by atomic mass is 79.9. The molecule has 46 valence electrons. The van der Waals surface area contributed by atoms with E-state index in [-0.39, 0.29) is 0 Å². The van der Waals surface area contributed by atoms with Crippen LogP contribution in [0.25, 0.3) is 0 Å². The van der Waals surface area contributed by atoms with Crippen molar-refractivity contribution in [1.82, 2.24) is 0 Å². The minimum Gasteiger partial charge on any atom is -0.299 e. The summed E-state index contributed by atoms with van der Waals surface area (Å²) in [5, 5.41) is 0.867. The first-order valence-corrected chi connectivity index (χ1v) is 4.05. The molecule has 0 aromatic rings. The van der Waals surface area contributed by atoms with Crippen LogP contribution >= 0.6 is 15.9 Å². The van der Waals surface area contributed by atoms with Gasteiger partial charge in [-0.3, -0.25) is 4.79 Å². The average molecular weight is 177 g/mol. The summed E-state index contributed by atoms with van der Waals surface area (Å²) in [5.41, 5.74) is 0. The van der Waals surface area contributed by atoms with Crippen molar-refractivity contribution in [2.45, 2.75) is 19.3 Å². The van der Waals surface area contributed by atoms with Gasteiger partial charge >= 0.3 is 0 Å². The summed E-state index contributed by atoms with van der Waals surface area (Å²) in [6.07, 6.45) is 3.02. The molecule has 1 aliphatic rings. The first-order chi connectivity index (χ1) is 3.84. The van der Waals surface area contributed by atoms with Crippen LogP contribution in [0.1, 0.15) is 19.3 Å². The Balaban J connectivity index is 2.42. The Bertz CT molecular complexity index is 101. The molecular formula is C6H9BrO. The van der Waals surface area contributed by atoms with Crippen molar-refractivity contribution < 1.29 is 4.79 Å². The average Bonchev–Trinajstić information content (AvgIpc) is 2.14. The van der Waals surface area contributed by atoms with Gasteiger partial charge in [0.2, 0.25) is 0 Å². The van der Waals surface area contributed by atoms with Gasteiger partial charge in [0.25, 0.3) is 0 Å². The molecule has 1 saturated carbocycles. The van der Waals surface area contributed by atoms with E-state index in [0.29, 0.717) is 11.7 Å². The van der Waals surface area contributed by atoms with E-state index in [0.717, 1.165) is 24.6 Å². The topological polar surface area (TPSA) is 17.1 Å². The second-order valence-electron chi connectivity index (χ2n) is 2.21. The van der Waals surface area contributed by atoms with Crippen molar-refractivity contribution >= 4 is 21.7 Å². The van der Waals surface area contributed by atoms with E-state index in [9.17, 15) is 4.79 Å². The summed E-state index contributed by atoms with van der Waals surface area (Å²) in [7, 11) is 0. The predicted octanol–water partition coefficient (Wildman–Crippen LogP) is 1.75. The number of alkyl halides is 1. The highest BCUT2D eigenvalue weighted by Crippen LogP contribution is 2.22. The van der Waals surface area contributed by atoms with Gasteiger partial charge in [0, 0.05) is 17.7 Å². The third kappa shape index (κ3) is 1.10. The zero-order valence-electron chi connectivity index (χ0n) is 4.69. The lowest BCUT2D eigenvalue weighted by molar-refractivity contribution is -0.120. The fourth-order valence-corrected chi connectivity index (χ4v) is 1.74. The minimum absolute atomic E-state index is 0.343. The van der Waals surface area contributed by atoms with Gasteiger partial charge in [-0.15, -0.1) is 0 Å². The number of halogens is 1. The van der Waals surface area contributed by atoms with Crippen molar-refractivity contribution in [3.8, 4) is 0 Å². The molecule has 0 N–H and O–H groups in total. The molecule has 0 aromatic carbocycles. The third-order valence-corrected chi connectivity index (χ3v) is 2.40. The normalized spacial score (nSPS) is 29.1. The Morgan fingerprint density at radius 1 is 1.75 bits per heavy atom. The fraction of sp³-hybridized carbons (Fsp3) is 0.833. The molecule has 0 radical (unpaired) electrons. The maximum Gasteiger partial charge on any atom is 0.136 e. The van der Waals surface area contributed by atoms with Gasteiger partial charge in [0.05, 0.1) is 0 Å². The first kappa shape index (κ1) is 6.27. The molecular weight excluding hydrogens is 168 g/mol. The maximum absolute atomic E-state index is 10.8. The van der Waals surface area contributed by atoms with E-state index < -0.39 is 0 Å².